The molecule has 1 atom stereocenters. The minimum absolute atomic E-state index is 0.00138. The van der Waals surface area contributed by atoms with Gasteiger partial charge in [-0.25, -0.2) is 8.78 Å². The molecule has 0 unspecified atom stereocenters. The van der Waals surface area contributed by atoms with Crippen LogP contribution in [0.2, 0.25) is 0 Å². The summed E-state index contributed by atoms with van der Waals surface area (Å²) in [6.45, 7) is 5.54. The van der Waals surface area contributed by atoms with Crippen LogP contribution in [0.3, 0.4) is 0 Å². The largest absolute Gasteiger partial charge is 0.508 e. The number of aromatic nitrogens is 1. The Morgan fingerprint density at radius 1 is 1.14 bits per heavy atom. The van der Waals surface area contributed by atoms with Gasteiger partial charge in [0.05, 0.1) is 11.9 Å². The lowest BCUT2D eigenvalue weighted by Gasteiger charge is -2.12. The number of carbonyl (C=O) groups is 2. The fourth-order valence-electron chi connectivity index (χ4n) is 3.30. The number of nitrogens with zero attached hydrogens (tertiary/aromatic N) is 1. The number of aromatic hydroxyl groups is 1. The van der Waals surface area contributed by atoms with Crippen molar-refractivity contribution in [1.82, 2.24) is 9.88 Å². The van der Waals surface area contributed by atoms with E-state index < -0.39 is 17.5 Å². The minimum atomic E-state index is -1.12. The fraction of sp³-hybridized carbons (Fsp3) is 0.273. The van der Waals surface area contributed by atoms with Gasteiger partial charge in [0.2, 0.25) is 5.91 Å². The second-order valence-electron chi connectivity index (χ2n) is 7.09. The number of fused-ring (bicyclic) bond motifs is 1. The SMILES string of the molecule is CC[C@H](C)NC(=O)Cc1c(C)n(C(=O)c2ccc(F)c(F)c2)c2ccc(O)cc12. The van der Waals surface area contributed by atoms with Gasteiger partial charge in [0.1, 0.15) is 5.75 Å². The monoisotopic (exact) mass is 400 g/mol. The Bertz CT molecular complexity index is 1110. The third kappa shape index (κ3) is 3.99. The summed E-state index contributed by atoms with van der Waals surface area (Å²) in [7, 11) is 0. The Kier molecular flexibility index (Phi) is 5.68. The highest BCUT2D eigenvalue weighted by atomic mass is 19.2. The summed E-state index contributed by atoms with van der Waals surface area (Å²) in [5.74, 6) is -2.91. The first-order valence-electron chi connectivity index (χ1n) is 9.35. The van der Waals surface area contributed by atoms with Crippen LogP contribution < -0.4 is 5.32 Å². The van der Waals surface area contributed by atoms with E-state index in [-0.39, 0.29) is 29.7 Å². The fourth-order valence-corrected chi connectivity index (χ4v) is 3.30. The molecular weight excluding hydrogens is 378 g/mol. The quantitative estimate of drug-likeness (QED) is 0.678. The number of hydrogen-bond acceptors (Lipinski definition) is 3. The van der Waals surface area contributed by atoms with Gasteiger partial charge in [-0.05, 0) is 62.2 Å². The first-order valence-corrected chi connectivity index (χ1v) is 9.35. The molecule has 152 valence electrons. The van der Waals surface area contributed by atoms with Crippen LogP contribution in [0.5, 0.6) is 5.75 Å². The number of rotatable bonds is 5. The zero-order valence-corrected chi connectivity index (χ0v) is 16.4. The molecule has 3 aromatic rings. The van der Waals surface area contributed by atoms with Crippen LogP contribution in [0, 0.1) is 18.6 Å². The number of phenolic OH excluding ortho intramolecular Hbond substituents is 1. The average molecular weight is 400 g/mol. The molecule has 3 rings (SSSR count). The second-order valence-corrected chi connectivity index (χ2v) is 7.09. The molecule has 5 nitrogen and oxygen atoms in total. The van der Waals surface area contributed by atoms with Crippen molar-refractivity contribution in [3.8, 4) is 5.75 Å². The normalized spacial score (nSPS) is 12.2. The summed E-state index contributed by atoms with van der Waals surface area (Å²) in [4.78, 5) is 25.5. The van der Waals surface area contributed by atoms with E-state index in [1.54, 1.807) is 13.0 Å². The van der Waals surface area contributed by atoms with E-state index in [1.807, 2.05) is 13.8 Å². The van der Waals surface area contributed by atoms with E-state index in [4.69, 9.17) is 0 Å². The molecule has 29 heavy (non-hydrogen) atoms. The number of carbonyl (C=O) groups excluding carboxylic acids is 2. The zero-order valence-electron chi connectivity index (χ0n) is 16.4. The van der Waals surface area contributed by atoms with Gasteiger partial charge in [0.25, 0.3) is 5.91 Å². The number of benzene rings is 2. The number of halogens is 2. The van der Waals surface area contributed by atoms with Crippen LogP contribution in [-0.2, 0) is 11.2 Å². The van der Waals surface area contributed by atoms with Crippen LogP contribution in [0.15, 0.2) is 36.4 Å². The van der Waals surface area contributed by atoms with Crippen molar-refractivity contribution < 1.29 is 23.5 Å². The molecule has 0 fully saturated rings. The molecule has 1 aromatic heterocycles. The maximum absolute atomic E-state index is 13.6. The van der Waals surface area contributed by atoms with Gasteiger partial charge in [-0.3, -0.25) is 14.2 Å². The lowest BCUT2D eigenvalue weighted by molar-refractivity contribution is -0.121. The van der Waals surface area contributed by atoms with Gasteiger partial charge in [0.15, 0.2) is 11.6 Å². The Morgan fingerprint density at radius 3 is 2.52 bits per heavy atom. The van der Waals surface area contributed by atoms with Crippen molar-refractivity contribution in [2.75, 3.05) is 0 Å². The molecule has 2 N–H and O–H groups in total. The van der Waals surface area contributed by atoms with E-state index in [1.165, 1.54) is 22.8 Å². The van der Waals surface area contributed by atoms with E-state index in [0.29, 0.717) is 22.2 Å². The van der Waals surface area contributed by atoms with Crippen LogP contribution in [0.1, 0.15) is 41.9 Å². The lowest BCUT2D eigenvalue weighted by atomic mass is 10.1. The predicted octanol–water partition coefficient (Wildman–Crippen LogP) is 4.08. The molecular formula is C22H22F2N2O3. The Hall–Kier alpha value is -3.22. The molecule has 0 aliphatic carbocycles. The lowest BCUT2D eigenvalue weighted by Crippen LogP contribution is -2.33. The third-order valence-corrected chi connectivity index (χ3v) is 5.05. The Balaban J connectivity index is 2.10. The number of amides is 1. The maximum Gasteiger partial charge on any atom is 0.262 e. The van der Waals surface area contributed by atoms with Crippen molar-refractivity contribution in [3.63, 3.8) is 0 Å². The van der Waals surface area contributed by atoms with Gasteiger partial charge in [-0.15, -0.1) is 0 Å². The zero-order chi connectivity index (χ0) is 21.3. The topological polar surface area (TPSA) is 71.3 Å². The van der Waals surface area contributed by atoms with Gasteiger partial charge in [-0.2, -0.15) is 0 Å². The van der Waals surface area contributed by atoms with Crippen molar-refractivity contribution in [3.05, 3.63) is 64.9 Å². The molecule has 0 spiro atoms. The first kappa shape index (κ1) is 20.5. The van der Waals surface area contributed by atoms with Crippen LogP contribution in [-0.4, -0.2) is 27.5 Å². The van der Waals surface area contributed by atoms with Crippen molar-refractivity contribution in [2.45, 2.75) is 39.7 Å². The number of nitrogens with one attached hydrogen (secondary N) is 1. The van der Waals surface area contributed by atoms with E-state index >= 15 is 0 Å². The summed E-state index contributed by atoms with van der Waals surface area (Å²) in [6, 6.07) is 7.44. The molecule has 7 heteroatoms. The standard InChI is InChI=1S/C22H22F2N2O3/c1-4-12(2)25-21(28)11-16-13(3)26(20-8-6-15(27)10-17(16)20)22(29)14-5-7-18(23)19(24)9-14/h5-10,12,27H,4,11H2,1-3H3,(H,25,28)/t12-/m0/s1. The highest BCUT2D eigenvalue weighted by Crippen LogP contribution is 2.30. The molecule has 0 saturated heterocycles. The van der Waals surface area contributed by atoms with Gasteiger partial charge >= 0.3 is 0 Å². The highest BCUT2D eigenvalue weighted by molar-refractivity contribution is 6.05. The van der Waals surface area contributed by atoms with Crippen LogP contribution in [0.4, 0.5) is 8.78 Å². The summed E-state index contributed by atoms with van der Waals surface area (Å²) >= 11 is 0. The third-order valence-electron chi connectivity index (χ3n) is 5.05. The van der Waals surface area contributed by atoms with Gasteiger partial charge < -0.3 is 10.4 Å². The average Bonchev–Trinajstić information content (AvgIpc) is 2.94. The molecule has 0 aliphatic heterocycles. The number of hydrogen-bond donors (Lipinski definition) is 2. The van der Waals surface area contributed by atoms with Crippen molar-refractivity contribution >= 4 is 22.7 Å². The molecule has 0 bridgehead atoms. The molecule has 0 aliphatic rings. The summed E-state index contributed by atoms with van der Waals surface area (Å²) in [5.41, 5.74) is 1.54. The first-order chi connectivity index (χ1) is 13.7. The maximum atomic E-state index is 13.6. The molecule has 0 saturated carbocycles. The van der Waals surface area contributed by atoms with E-state index in [9.17, 15) is 23.5 Å². The highest BCUT2D eigenvalue weighted by Gasteiger charge is 2.22. The molecule has 0 radical (unpaired) electrons. The van der Waals surface area contributed by atoms with Crippen LogP contribution in [0.25, 0.3) is 10.9 Å². The van der Waals surface area contributed by atoms with Crippen LogP contribution >= 0.6 is 0 Å². The Morgan fingerprint density at radius 2 is 1.86 bits per heavy atom. The van der Waals surface area contributed by atoms with Crippen molar-refractivity contribution in [1.29, 1.82) is 0 Å². The Labute approximate surface area is 167 Å². The summed E-state index contributed by atoms with van der Waals surface area (Å²) in [6.07, 6.45) is 0.802. The number of phenols is 1. The summed E-state index contributed by atoms with van der Waals surface area (Å²) < 4.78 is 28.2. The predicted molar refractivity (Wildman–Crippen MR) is 106 cm³/mol. The van der Waals surface area contributed by atoms with Gasteiger partial charge in [0, 0.05) is 22.7 Å². The minimum Gasteiger partial charge on any atom is -0.508 e. The molecule has 2 aromatic carbocycles. The van der Waals surface area contributed by atoms with Gasteiger partial charge in [-0.1, -0.05) is 6.92 Å². The van der Waals surface area contributed by atoms with Crippen molar-refractivity contribution in [2.24, 2.45) is 0 Å². The summed E-state index contributed by atoms with van der Waals surface area (Å²) in [5, 5.41) is 13.3. The molecule has 1 amide bonds. The second kappa shape index (κ2) is 8.03. The smallest absolute Gasteiger partial charge is 0.262 e. The van der Waals surface area contributed by atoms with E-state index in [0.717, 1.165) is 18.6 Å². The van der Waals surface area contributed by atoms with E-state index in [2.05, 4.69) is 5.32 Å². The molecule has 1 heterocycles.